The Balaban J connectivity index is 1.97. The van der Waals surface area contributed by atoms with Gasteiger partial charge in [-0.05, 0) is 37.6 Å². The standard InChI is InChI=1S/C15H31N3/c1-15(2,3)12-5-6-13(16)14(11-12)18-9-7-17(4)8-10-18/h12-14H,5-11,16H2,1-4H3. The fraction of sp³-hybridized carbons (Fsp3) is 1.00. The number of rotatable bonds is 1. The van der Waals surface area contributed by atoms with Crippen molar-refractivity contribution in [2.45, 2.75) is 52.1 Å². The Bertz CT molecular complexity index is 263. The second-order valence-corrected chi connectivity index (χ2v) is 7.45. The zero-order valence-electron chi connectivity index (χ0n) is 12.7. The molecule has 0 aromatic carbocycles. The van der Waals surface area contributed by atoms with Crippen LogP contribution in [0.5, 0.6) is 0 Å². The van der Waals surface area contributed by atoms with Gasteiger partial charge in [0.25, 0.3) is 0 Å². The monoisotopic (exact) mass is 253 g/mol. The highest BCUT2D eigenvalue weighted by molar-refractivity contribution is 4.93. The molecule has 1 heterocycles. The number of likely N-dealkylation sites (N-methyl/N-ethyl adjacent to an activating group) is 1. The molecule has 2 aliphatic rings. The second kappa shape index (κ2) is 5.48. The number of piperazine rings is 1. The summed E-state index contributed by atoms with van der Waals surface area (Å²) in [6.07, 6.45) is 3.82. The minimum atomic E-state index is 0.395. The Labute approximate surface area is 113 Å². The number of nitrogens with two attached hydrogens (primary N) is 1. The fourth-order valence-electron chi connectivity index (χ4n) is 3.53. The zero-order valence-corrected chi connectivity index (χ0v) is 12.7. The molecular weight excluding hydrogens is 222 g/mol. The van der Waals surface area contributed by atoms with Gasteiger partial charge in [0, 0.05) is 38.3 Å². The summed E-state index contributed by atoms with van der Waals surface area (Å²) in [5.41, 5.74) is 6.83. The molecular formula is C15H31N3. The van der Waals surface area contributed by atoms with Crippen molar-refractivity contribution < 1.29 is 0 Å². The second-order valence-electron chi connectivity index (χ2n) is 7.45. The Morgan fingerprint density at radius 3 is 2.17 bits per heavy atom. The topological polar surface area (TPSA) is 32.5 Å². The van der Waals surface area contributed by atoms with Crippen LogP contribution in [0.2, 0.25) is 0 Å². The van der Waals surface area contributed by atoms with Gasteiger partial charge in [-0.3, -0.25) is 4.90 Å². The lowest BCUT2D eigenvalue weighted by Crippen LogP contribution is -2.57. The van der Waals surface area contributed by atoms with Crippen LogP contribution in [0.25, 0.3) is 0 Å². The summed E-state index contributed by atoms with van der Waals surface area (Å²) in [7, 11) is 2.22. The summed E-state index contributed by atoms with van der Waals surface area (Å²) in [5, 5.41) is 0. The van der Waals surface area contributed by atoms with Crippen molar-refractivity contribution in [2.75, 3.05) is 33.2 Å². The molecule has 3 heteroatoms. The third-order valence-electron chi connectivity index (χ3n) is 5.10. The maximum atomic E-state index is 6.39. The Hall–Kier alpha value is -0.120. The molecule has 0 aromatic rings. The molecule has 3 atom stereocenters. The highest BCUT2D eigenvalue weighted by Gasteiger charge is 2.37. The molecule has 0 bridgehead atoms. The van der Waals surface area contributed by atoms with E-state index in [0.29, 0.717) is 17.5 Å². The number of nitrogens with zero attached hydrogens (tertiary/aromatic N) is 2. The van der Waals surface area contributed by atoms with E-state index in [2.05, 4.69) is 37.6 Å². The van der Waals surface area contributed by atoms with Gasteiger partial charge >= 0.3 is 0 Å². The highest BCUT2D eigenvalue weighted by atomic mass is 15.3. The summed E-state index contributed by atoms with van der Waals surface area (Å²) in [6, 6.07) is 1.02. The molecule has 0 aromatic heterocycles. The lowest BCUT2D eigenvalue weighted by Gasteiger charge is -2.47. The first kappa shape index (κ1) is 14.3. The third-order valence-corrected chi connectivity index (χ3v) is 5.10. The van der Waals surface area contributed by atoms with Crippen LogP contribution in [0.15, 0.2) is 0 Å². The summed E-state index contributed by atoms with van der Waals surface area (Å²) in [5.74, 6) is 0.835. The normalized spacial score (nSPS) is 36.8. The van der Waals surface area contributed by atoms with Crippen molar-refractivity contribution in [2.24, 2.45) is 17.1 Å². The number of hydrogen-bond donors (Lipinski definition) is 1. The molecule has 18 heavy (non-hydrogen) atoms. The van der Waals surface area contributed by atoms with Crippen LogP contribution < -0.4 is 5.73 Å². The lowest BCUT2D eigenvalue weighted by atomic mass is 9.69. The average Bonchev–Trinajstić information content (AvgIpc) is 2.29. The van der Waals surface area contributed by atoms with Gasteiger partial charge in [-0.1, -0.05) is 20.8 Å². The largest absolute Gasteiger partial charge is 0.326 e. The first-order chi connectivity index (χ1) is 8.38. The summed E-state index contributed by atoms with van der Waals surface area (Å²) in [6.45, 7) is 11.9. The van der Waals surface area contributed by atoms with E-state index in [4.69, 9.17) is 5.73 Å². The van der Waals surface area contributed by atoms with Gasteiger partial charge in [0.05, 0.1) is 0 Å². The maximum absolute atomic E-state index is 6.39. The van der Waals surface area contributed by atoms with Gasteiger partial charge in [0.1, 0.15) is 0 Å². The smallest absolute Gasteiger partial charge is 0.0251 e. The van der Waals surface area contributed by atoms with E-state index in [1.807, 2.05) is 0 Å². The van der Waals surface area contributed by atoms with Crippen LogP contribution in [-0.4, -0.2) is 55.1 Å². The minimum absolute atomic E-state index is 0.395. The van der Waals surface area contributed by atoms with E-state index in [-0.39, 0.29) is 0 Å². The van der Waals surface area contributed by atoms with Crippen LogP contribution >= 0.6 is 0 Å². The summed E-state index contributed by atoms with van der Waals surface area (Å²) < 4.78 is 0. The molecule has 0 radical (unpaired) electrons. The van der Waals surface area contributed by atoms with Crippen molar-refractivity contribution in [3.63, 3.8) is 0 Å². The Morgan fingerprint density at radius 2 is 1.61 bits per heavy atom. The predicted octanol–water partition coefficient (Wildman–Crippen LogP) is 1.78. The van der Waals surface area contributed by atoms with Gasteiger partial charge < -0.3 is 10.6 Å². The van der Waals surface area contributed by atoms with E-state index in [9.17, 15) is 0 Å². The first-order valence-corrected chi connectivity index (χ1v) is 7.56. The molecule has 1 aliphatic heterocycles. The highest BCUT2D eigenvalue weighted by Crippen LogP contribution is 2.39. The van der Waals surface area contributed by atoms with Crippen LogP contribution in [-0.2, 0) is 0 Å². The zero-order chi connectivity index (χ0) is 13.3. The van der Waals surface area contributed by atoms with Crippen molar-refractivity contribution in [1.82, 2.24) is 9.80 Å². The molecule has 2 fully saturated rings. The van der Waals surface area contributed by atoms with Crippen LogP contribution in [0.4, 0.5) is 0 Å². The molecule has 1 saturated carbocycles. The van der Waals surface area contributed by atoms with E-state index in [1.54, 1.807) is 0 Å². The molecule has 2 rings (SSSR count). The Kier molecular flexibility index (Phi) is 4.35. The first-order valence-electron chi connectivity index (χ1n) is 7.56. The number of hydrogen-bond acceptors (Lipinski definition) is 3. The maximum Gasteiger partial charge on any atom is 0.0251 e. The van der Waals surface area contributed by atoms with Crippen LogP contribution in [0.1, 0.15) is 40.0 Å². The van der Waals surface area contributed by atoms with Crippen molar-refractivity contribution in [3.05, 3.63) is 0 Å². The molecule has 1 saturated heterocycles. The van der Waals surface area contributed by atoms with E-state index in [1.165, 1.54) is 45.4 Å². The molecule has 106 valence electrons. The molecule has 0 amide bonds. The third kappa shape index (κ3) is 3.25. The van der Waals surface area contributed by atoms with E-state index in [0.717, 1.165) is 5.92 Å². The quantitative estimate of drug-likeness (QED) is 0.773. The summed E-state index contributed by atoms with van der Waals surface area (Å²) in [4.78, 5) is 5.08. The molecule has 0 spiro atoms. The van der Waals surface area contributed by atoms with Crippen LogP contribution in [0.3, 0.4) is 0 Å². The van der Waals surface area contributed by atoms with Gasteiger partial charge in [0.2, 0.25) is 0 Å². The van der Waals surface area contributed by atoms with Crippen molar-refractivity contribution in [1.29, 1.82) is 0 Å². The van der Waals surface area contributed by atoms with E-state index < -0.39 is 0 Å². The predicted molar refractivity (Wildman–Crippen MR) is 77.6 cm³/mol. The molecule has 3 unspecified atom stereocenters. The average molecular weight is 253 g/mol. The van der Waals surface area contributed by atoms with E-state index >= 15 is 0 Å². The van der Waals surface area contributed by atoms with Gasteiger partial charge in [-0.15, -0.1) is 0 Å². The van der Waals surface area contributed by atoms with Crippen molar-refractivity contribution in [3.8, 4) is 0 Å². The summed E-state index contributed by atoms with van der Waals surface area (Å²) >= 11 is 0. The molecule has 1 aliphatic carbocycles. The van der Waals surface area contributed by atoms with Crippen molar-refractivity contribution >= 4 is 0 Å². The fourth-order valence-corrected chi connectivity index (χ4v) is 3.53. The molecule has 2 N–H and O–H groups in total. The molecule has 3 nitrogen and oxygen atoms in total. The Morgan fingerprint density at radius 1 is 1.00 bits per heavy atom. The van der Waals surface area contributed by atoms with Gasteiger partial charge in [-0.2, -0.15) is 0 Å². The SMILES string of the molecule is CN1CCN(C2CC(C(C)(C)C)CCC2N)CC1. The van der Waals surface area contributed by atoms with Crippen LogP contribution in [0, 0.1) is 11.3 Å². The van der Waals surface area contributed by atoms with Gasteiger partial charge in [-0.25, -0.2) is 0 Å². The lowest BCUT2D eigenvalue weighted by molar-refractivity contribution is 0.0408. The minimum Gasteiger partial charge on any atom is -0.326 e. The van der Waals surface area contributed by atoms with Gasteiger partial charge in [0.15, 0.2) is 0 Å².